The first-order valence-electron chi connectivity index (χ1n) is 6.69. The lowest BCUT2D eigenvalue weighted by molar-refractivity contribution is -0.125. The maximum atomic E-state index is 11.6. The normalized spacial score (nSPS) is 13.4. The van der Waals surface area contributed by atoms with E-state index in [1.165, 1.54) is 6.92 Å². The molecule has 0 rings (SSSR count). The van der Waals surface area contributed by atoms with Crippen LogP contribution in [-0.2, 0) is 9.59 Å². The van der Waals surface area contributed by atoms with Gasteiger partial charge in [0.25, 0.3) is 0 Å². The molecule has 0 bridgehead atoms. The van der Waals surface area contributed by atoms with Crippen LogP contribution in [-0.4, -0.2) is 38.1 Å². The second kappa shape index (κ2) is 6.61. The third-order valence-electron chi connectivity index (χ3n) is 2.44. The standard InChI is InChI=1S/C13H28N2O2Si2/c1-11(9-13(17)10-12(2)16)14-15(18(3,4)5)19(6,7)8/h9-10H2,1-8H3. The van der Waals surface area contributed by atoms with Crippen molar-refractivity contribution < 1.29 is 9.59 Å². The molecule has 0 fully saturated rings. The van der Waals surface area contributed by atoms with Gasteiger partial charge in [-0.15, -0.1) is 0 Å². The highest BCUT2D eigenvalue weighted by atomic mass is 28.4. The molecule has 0 saturated carbocycles. The van der Waals surface area contributed by atoms with Gasteiger partial charge in [-0.2, -0.15) is 0 Å². The Labute approximate surface area is 119 Å². The van der Waals surface area contributed by atoms with E-state index in [1.807, 2.05) is 6.92 Å². The second-order valence-corrected chi connectivity index (χ2v) is 17.1. The highest BCUT2D eigenvalue weighted by Crippen LogP contribution is 2.20. The average molecular weight is 301 g/mol. The minimum atomic E-state index is -1.54. The van der Waals surface area contributed by atoms with E-state index in [1.54, 1.807) is 0 Å². The Kier molecular flexibility index (Phi) is 6.34. The van der Waals surface area contributed by atoms with Crippen molar-refractivity contribution in [3.8, 4) is 0 Å². The summed E-state index contributed by atoms with van der Waals surface area (Å²) in [6.07, 6.45) is 0.303. The Morgan fingerprint density at radius 3 is 1.63 bits per heavy atom. The molecule has 0 atom stereocenters. The molecular formula is C13H28N2O2Si2. The van der Waals surface area contributed by atoms with E-state index in [0.717, 1.165) is 5.71 Å². The number of carbonyl (C=O) groups is 2. The van der Waals surface area contributed by atoms with Crippen molar-refractivity contribution in [2.24, 2.45) is 5.10 Å². The number of hydrogen-bond acceptors (Lipinski definition) is 4. The fourth-order valence-corrected chi connectivity index (χ4v) is 11.1. The van der Waals surface area contributed by atoms with Crippen LogP contribution in [0, 0.1) is 0 Å². The first-order valence-corrected chi connectivity index (χ1v) is 13.6. The zero-order valence-electron chi connectivity index (χ0n) is 13.6. The van der Waals surface area contributed by atoms with Gasteiger partial charge in [-0.25, -0.2) is 5.10 Å². The molecule has 0 aliphatic heterocycles. The molecule has 0 spiro atoms. The Bertz CT molecular complexity index is 365. The summed E-state index contributed by atoms with van der Waals surface area (Å²) in [5.74, 6) is -0.120. The lowest BCUT2D eigenvalue weighted by atomic mass is 10.1. The first kappa shape index (κ1) is 18.2. The highest BCUT2D eigenvalue weighted by Gasteiger charge is 2.33. The molecule has 0 amide bonds. The second-order valence-electron chi connectivity index (χ2n) is 7.08. The van der Waals surface area contributed by atoms with E-state index in [9.17, 15) is 9.59 Å². The van der Waals surface area contributed by atoms with Crippen LogP contribution in [0.4, 0.5) is 0 Å². The SMILES string of the molecule is CC(=O)CC(=O)CC(C)=NN([Si](C)(C)C)[Si](C)(C)C. The summed E-state index contributed by atoms with van der Waals surface area (Å²) in [6.45, 7) is 16.9. The molecule has 110 valence electrons. The van der Waals surface area contributed by atoms with Gasteiger partial charge in [-0.3, -0.25) is 9.59 Å². The Morgan fingerprint density at radius 1 is 0.895 bits per heavy atom. The van der Waals surface area contributed by atoms with E-state index in [2.05, 4.69) is 43.6 Å². The topological polar surface area (TPSA) is 49.7 Å². The summed E-state index contributed by atoms with van der Waals surface area (Å²) in [4.78, 5) is 22.6. The summed E-state index contributed by atoms with van der Waals surface area (Å²) >= 11 is 0. The zero-order valence-corrected chi connectivity index (χ0v) is 15.6. The van der Waals surface area contributed by atoms with Crippen molar-refractivity contribution in [2.75, 3.05) is 0 Å². The van der Waals surface area contributed by atoms with Gasteiger partial charge < -0.3 is 4.34 Å². The smallest absolute Gasteiger partial charge is 0.158 e. The number of hydrogen-bond donors (Lipinski definition) is 0. The Morgan fingerprint density at radius 2 is 1.32 bits per heavy atom. The van der Waals surface area contributed by atoms with Crippen LogP contribution < -0.4 is 0 Å². The lowest BCUT2D eigenvalue weighted by Gasteiger charge is -2.41. The number of nitrogens with zero attached hydrogens (tertiary/aromatic N) is 2. The van der Waals surface area contributed by atoms with Crippen molar-refractivity contribution in [1.82, 2.24) is 4.34 Å². The largest absolute Gasteiger partial charge is 0.350 e. The first-order chi connectivity index (χ1) is 8.34. The molecular weight excluding hydrogens is 272 g/mol. The van der Waals surface area contributed by atoms with Crippen LogP contribution in [0.3, 0.4) is 0 Å². The van der Waals surface area contributed by atoms with Gasteiger partial charge in [0, 0.05) is 12.1 Å². The molecule has 0 aromatic heterocycles. The van der Waals surface area contributed by atoms with Gasteiger partial charge >= 0.3 is 0 Å². The van der Waals surface area contributed by atoms with E-state index in [0.29, 0.717) is 0 Å². The van der Waals surface area contributed by atoms with Gasteiger partial charge in [0.15, 0.2) is 16.5 Å². The fraction of sp³-hybridized carbons (Fsp3) is 0.769. The van der Waals surface area contributed by atoms with E-state index in [4.69, 9.17) is 5.10 Å². The van der Waals surface area contributed by atoms with Crippen LogP contribution in [0.25, 0.3) is 0 Å². The Balaban J connectivity index is 4.96. The number of Topliss-reactive ketones (excluding diaryl/α,β-unsaturated/α-hetero) is 2. The molecule has 0 saturated heterocycles. The monoisotopic (exact) mass is 300 g/mol. The van der Waals surface area contributed by atoms with Crippen molar-refractivity contribution in [3.63, 3.8) is 0 Å². The van der Waals surface area contributed by atoms with Crippen LogP contribution in [0.15, 0.2) is 5.10 Å². The molecule has 0 aromatic rings. The van der Waals surface area contributed by atoms with Crippen LogP contribution in [0.1, 0.15) is 26.7 Å². The predicted octanol–water partition coefficient (Wildman–Crippen LogP) is 3.27. The summed E-state index contributed by atoms with van der Waals surface area (Å²) in [5.41, 5.74) is 0.816. The molecule has 0 aliphatic carbocycles. The molecule has 4 nitrogen and oxygen atoms in total. The zero-order chi connectivity index (χ0) is 15.4. The third kappa shape index (κ3) is 7.42. The highest BCUT2D eigenvalue weighted by molar-refractivity contribution is 6.89. The minimum Gasteiger partial charge on any atom is -0.350 e. The minimum absolute atomic E-state index is 0.0206. The summed E-state index contributed by atoms with van der Waals surface area (Å²) in [6, 6.07) is 0. The molecule has 0 radical (unpaired) electrons. The van der Waals surface area contributed by atoms with E-state index < -0.39 is 16.5 Å². The summed E-state index contributed by atoms with van der Waals surface area (Å²) in [5, 5.41) is 4.71. The summed E-state index contributed by atoms with van der Waals surface area (Å²) < 4.78 is 2.29. The van der Waals surface area contributed by atoms with Crippen molar-refractivity contribution in [3.05, 3.63) is 0 Å². The third-order valence-corrected chi connectivity index (χ3v) is 9.21. The maximum absolute atomic E-state index is 11.6. The number of carbonyl (C=O) groups excluding carboxylic acids is 2. The molecule has 19 heavy (non-hydrogen) atoms. The summed E-state index contributed by atoms with van der Waals surface area (Å²) in [7, 11) is -3.08. The van der Waals surface area contributed by atoms with Crippen molar-refractivity contribution >= 4 is 33.7 Å². The molecule has 6 heteroatoms. The lowest BCUT2D eigenvalue weighted by Crippen LogP contribution is -2.56. The van der Waals surface area contributed by atoms with Gasteiger partial charge in [-0.05, 0) is 13.8 Å². The van der Waals surface area contributed by atoms with E-state index in [-0.39, 0.29) is 24.4 Å². The fourth-order valence-electron chi connectivity index (χ4n) is 2.14. The predicted molar refractivity (Wildman–Crippen MR) is 86.6 cm³/mol. The maximum Gasteiger partial charge on any atom is 0.158 e. The molecule has 0 unspecified atom stereocenters. The Hall–Kier alpha value is -0.756. The molecule has 0 heterocycles. The van der Waals surface area contributed by atoms with Gasteiger partial charge in [-0.1, -0.05) is 39.3 Å². The van der Waals surface area contributed by atoms with Crippen molar-refractivity contribution in [2.45, 2.75) is 66.0 Å². The van der Waals surface area contributed by atoms with Crippen LogP contribution in [0.5, 0.6) is 0 Å². The quantitative estimate of drug-likeness (QED) is 0.314. The van der Waals surface area contributed by atoms with Gasteiger partial charge in [0.05, 0.1) is 6.42 Å². The molecule has 0 aromatic carbocycles. The van der Waals surface area contributed by atoms with Crippen LogP contribution >= 0.6 is 0 Å². The number of rotatable bonds is 7. The van der Waals surface area contributed by atoms with Gasteiger partial charge in [0.1, 0.15) is 11.6 Å². The average Bonchev–Trinajstić information content (AvgIpc) is 2.08. The number of ketones is 2. The molecule has 0 aliphatic rings. The molecule has 0 N–H and O–H groups in total. The van der Waals surface area contributed by atoms with Crippen molar-refractivity contribution in [1.29, 1.82) is 0 Å². The number of hydrazone groups is 1. The van der Waals surface area contributed by atoms with E-state index >= 15 is 0 Å². The van der Waals surface area contributed by atoms with Gasteiger partial charge in [0.2, 0.25) is 0 Å². The van der Waals surface area contributed by atoms with Crippen LogP contribution in [0.2, 0.25) is 39.3 Å².